The molecule has 1 aliphatic carbocycles. The van der Waals surface area contributed by atoms with Gasteiger partial charge in [-0.15, -0.1) is 0 Å². The molecule has 0 radical (unpaired) electrons. The van der Waals surface area contributed by atoms with E-state index >= 15 is 0 Å². The lowest BCUT2D eigenvalue weighted by molar-refractivity contribution is 0.101. The molecule has 1 aromatic rings. The summed E-state index contributed by atoms with van der Waals surface area (Å²) < 4.78 is 0. The van der Waals surface area contributed by atoms with E-state index in [1.807, 2.05) is 6.92 Å². The molecule has 1 aliphatic rings. The maximum Gasteiger partial charge on any atom is 0.163 e. The van der Waals surface area contributed by atoms with Gasteiger partial charge in [-0.05, 0) is 51.4 Å². The van der Waals surface area contributed by atoms with Gasteiger partial charge >= 0.3 is 0 Å². The molecule has 0 aromatic carbocycles. The normalized spacial score (nSPS) is 23.6. The fourth-order valence-electron chi connectivity index (χ4n) is 3.07. The molecule has 1 saturated carbocycles. The van der Waals surface area contributed by atoms with E-state index in [0.29, 0.717) is 11.5 Å². The average Bonchev–Trinajstić information content (AvgIpc) is 2.38. The first-order valence-corrected chi connectivity index (χ1v) is 7.33. The molecule has 0 saturated heterocycles. The third-order valence-corrected chi connectivity index (χ3v) is 4.46. The molecule has 0 spiro atoms. The number of hydrogen-bond donors (Lipinski definition) is 0. The number of carbonyl (C=O) groups excluding carboxylic acids is 1. The third-order valence-electron chi connectivity index (χ3n) is 4.46. The summed E-state index contributed by atoms with van der Waals surface area (Å²) in [6, 6.07) is 0. The van der Waals surface area contributed by atoms with Crippen LogP contribution in [0.5, 0.6) is 0 Å². The number of Topliss-reactive ketones (excluding diaryl/α,β-unsaturated/α-hetero) is 1. The van der Waals surface area contributed by atoms with E-state index in [1.54, 1.807) is 13.1 Å². The van der Waals surface area contributed by atoms with Gasteiger partial charge in [0.2, 0.25) is 0 Å². The van der Waals surface area contributed by atoms with Crippen molar-refractivity contribution in [2.24, 2.45) is 11.8 Å². The van der Waals surface area contributed by atoms with Crippen molar-refractivity contribution in [3.8, 4) is 0 Å². The van der Waals surface area contributed by atoms with Gasteiger partial charge in [0.05, 0.1) is 11.3 Å². The Morgan fingerprint density at radius 2 is 1.89 bits per heavy atom. The molecule has 0 aliphatic heterocycles. The molecule has 1 fully saturated rings. The molecular weight excluding hydrogens is 236 g/mol. The smallest absolute Gasteiger partial charge is 0.163 e. The van der Waals surface area contributed by atoms with Gasteiger partial charge in [-0.1, -0.05) is 13.8 Å². The first kappa shape index (κ1) is 14.2. The van der Waals surface area contributed by atoms with Crippen LogP contribution in [0.25, 0.3) is 0 Å². The van der Waals surface area contributed by atoms with Crippen molar-refractivity contribution in [2.75, 3.05) is 0 Å². The Hall–Kier alpha value is -1.25. The van der Waals surface area contributed by atoms with Crippen molar-refractivity contribution in [3.63, 3.8) is 0 Å². The Kier molecular flexibility index (Phi) is 4.33. The van der Waals surface area contributed by atoms with Crippen molar-refractivity contribution in [2.45, 2.75) is 59.3 Å². The summed E-state index contributed by atoms with van der Waals surface area (Å²) in [5.74, 6) is 3.10. The van der Waals surface area contributed by atoms with Gasteiger partial charge in [0.15, 0.2) is 5.78 Å². The Labute approximate surface area is 115 Å². The van der Waals surface area contributed by atoms with Crippen LogP contribution in [0.2, 0.25) is 0 Å². The zero-order valence-corrected chi connectivity index (χ0v) is 12.4. The van der Waals surface area contributed by atoms with E-state index in [-0.39, 0.29) is 5.78 Å². The van der Waals surface area contributed by atoms with Gasteiger partial charge in [0, 0.05) is 12.1 Å². The molecule has 1 heterocycles. The Morgan fingerprint density at radius 1 is 1.26 bits per heavy atom. The predicted octanol–water partition coefficient (Wildman–Crippen LogP) is 3.92. The number of ketones is 1. The minimum absolute atomic E-state index is 0.0487. The van der Waals surface area contributed by atoms with Crippen molar-refractivity contribution < 1.29 is 4.79 Å². The summed E-state index contributed by atoms with van der Waals surface area (Å²) in [6.45, 7) is 8.10. The Bertz CT molecular complexity index is 460. The molecule has 3 nitrogen and oxygen atoms in total. The summed E-state index contributed by atoms with van der Waals surface area (Å²) in [4.78, 5) is 20.4. The van der Waals surface area contributed by atoms with E-state index in [1.165, 1.54) is 25.7 Å². The first-order valence-electron chi connectivity index (χ1n) is 7.33. The number of hydrogen-bond acceptors (Lipinski definition) is 3. The quantitative estimate of drug-likeness (QED) is 0.774. The summed E-state index contributed by atoms with van der Waals surface area (Å²) in [5.41, 5.74) is 1.48. The molecule has 0 atom stereocenters. The van der Waals surface area contributed by atoms with Crippen LogP contribution in [-0.4, -0.2) is 15.8 Å². The molecule has 2 rings (SSSR count). The van der Waals surface area contributed by atoms with Gasteiger partial charge in [0.1, 0.15) is 5.82 Å². The number of aryl methyl sites for hydroxylation is 1. The molecule has 1 aromatic heterocycles. The topological polar surface area (TPSA) is 42.9 Å². The molecular formula is C16H24N2O. The number of nitrogens with zero attached hydrogens (tertiary/aromatic N) is 2. The maximum atomic E-state index is 11.4. The molecule has 0 bridgehead atoms. The SMILES string of the molecule is CC(=O)c1cnc(C2CCC(C(C)C)CC2)nc1C. The van der Waals surface area contributed by atoms with Gasteiger partial charge in [-0.25, -0.2) is 9.97 Å². The fourth-order valence-corrected chi connectivity index (χ4v) is 3.07. The highest BCUT2D eigenvalue weighted by Gasteiger charge is 2.26. The largest absolute Gasteiger partial charge is 0.294 e. The zero-order valence-electron chi connectivity index (χ0n) is 12.4. The Balaban J connectivity index is 2.08. The van der Waals surface area contributed by atoms with Gasteiger partial charge in [-0.3, -0.25) is 4.79 Å². The van der Waals surface area contributed by atoms with Crippen molar-refractivity contribution in [1.82, 2.24) is 9.97 Å². The highest BCUT2D eigenvalue weighted by atomic mass is 16.1. The standard InChI is InChI=1S/C16H24N2O/c1-10(2)13-5-7-14(8-6-13)16-17-9-15(12(4)19)11(3)18-16/h9-10,13-14H,5-8H2,1-4H3. The number of carbonyl (C=O) groups is 1. The van der Waals surface area contributed by atoms with E-state index in [9.17, 15) is 4.79 Å². The third kappa shape index (κ3) is 3.20. The predicted molar refractivity (Wildman–Crippen MR) is 76.3 cm³/mol. The van der Waals surface area contributed by atoms with E-state index in [2.05, 4.69) is 23.8 Å². The molecule has 19 heavy (non-hydrogen) atoms. The second-order valence-electron chi connectivity index (χ2n) is 6.14. The van der Waals surface area contributed by atoms with E-state index in [0.717, 1.165) is 23.4 Å². The zero-order chi connectivity index (χ0) is 14.0. The second-order valence-corrected chi connectivity index (χ2v) is 6.14. The van der Waals surface area contributed by atoms with Crippen LogP contribution in [-0.2, 0) is 0 Å². The van der Waals surface area contributed by atoms with Crippen LogP contribution in [0.1, 0.15) is 74.2 Å². The monoisotopic (exact) mass is 260 g/mol. The highest BCUT2D eigenvalue weighted by molar-refractivity contribution is 5.94. The summed E-state index contributed by atoms with van der Waals surface area (Å²) in [6.07, 6.45) is 6.62. The van der Waals surface area contributed by atoms with Crippen LogP contribution >= 0.6 is 0 Å². The second kappa shape index (κ2) is 5.81. The highest BCUT2D eigenvalue weighted by Crippen LogP contribution is 2.37. The lowest BCUT2D eigenvalue weighted by Crippen LogP contribution is -2.19. The average molecular weight is 260 g/mol. The van der Waals surface area contributed by atoms with Gasteiger partial charge in [0.25, 0.3) is 0 Å². The minimum atomic E-state index is 0.0487. The number of aromatic nitrogens is 2. The van der Waals surface area contributed by atoms with Crippen molar-refractivity contribution >= 4 is 5.78 Å². The fraction of sp³-hybridized carbons (Fsp3) is 0.688. The van der Waals surface area contributed by atoms with Crippen molar-refractivity contribution in [1.29, 1.82) is 0 Å². The lowest BCUT2D eigenvalue weighted by atomic mass is 9.76. The van der Waals surface area contributed by atoms with Crippen LogP contribution in [0.15, 0.2) is 6.20 Å². The van der Waals surface area contributed by atoms with Crippen LogP contribution in [0, 0.1) is 18.8 Å². The van der Waals surface area contributed by atoms with Crippen LogP contribution in [0.3, 0.4) is 0 Å². The first-order chi connectivity index (χ1) is 8.99. The van der Waals surface area contributed by atoms with Gasteiger partial charge < -0.3 is 0 Å². The van der Waals surface area contributed by atoms with Crippen LogP contribution < -0.4 is 0 Å². The van der Waals surface area contributed by atoms with Crippen LogP contribution in [0.4, 0.5) is 0 Å². The van der Waals surface area contributed by atoms with E-state index in [4.69, 9.17) is 0 Å². The summed E-state index contributed by atoms with van der Waals surface area (Å²) in [7, 11) is 0. The minimum Gasteiger partial charge on any atom is -0.294 e. The maximum absolute atomic E-state index is 11.4. The summed E-state index contributed by atoms with van der Waals surface area (Å²) >= 11 is 0. The van der Waals surface area contributed by atoms with Gasteiger partial charge in [-0.2, -0.15) is 0 Å². The van der Waals surface area contributed by atoms with E-state index < -0.39 is 0 Å². The lowest BCUT2D eigenvalue weighted by Gasteiger charge is -2.30. The molecule has 0 N–H and O–H groups in total. The molecule has 0 unspecified atom stereocenters. The Morgan fingerprint density at radius 3 is 2.37 bits per heavy atom. The molecule has 104 valence electrons. The summed E-state index contributed by atoms with van der Waals surface area (Å²) in [5, 5.41) is 0. The van der Waals surface area contributed by atoms with Crippen molar-refractivity contribution in [3.05, 3.63) is 23.3 Å². The molecule has 3 heteroatoms. The molecule has 0 amide bonds. The number of rotatable bonds is 3.